The van der Waals surface area contributed by atoms with Crippen LogP contribution in [0, 0.1) is 0 Å². The topological polar surface area (TPSA) is 35.5 Å². The van der Waals surface area contributed by atoms with Gasteiger partial charge in [-0.15, -0.1) is 0 Å². The molecule has 0 aliphatic heterocycles. The van der Waals surface area contributed by atoms with Crippen molar-refractivity contribution >= 4 is 5.78 Å². The molecule has 0 unspecified atom stereocenters. The van der Waals surface area contributed by atoms with Crippen LogP contribution in [-0.4, -0.2) is 20.0 Å². The van der Waals surface area contributed by atoms with Gasteiger partial charge in [0.15, 0.2) is 5.78 Å². The smallest absolute Gasteiger partial charge is 0.163 e. The molecule has 0 fully saturated rings. The molecular weight excluding hydrogens is 252 g/mol. The van der Waals surface area contributed by atoms with Crippen molar-refractivity contribution in [2.24, 2.45) is 0 Å². The van der Waals surface area contributed by atoms with Gasteiger partial charge in [-0.05, 0) is 30.2 Å². The maximum Gasteiger partial charge on any atom is 0.163 e. The van der Waals surface area contributed by atoms with E-state index in [-0.39, 0.29) is 5.78 Å². The van der Waals surface area contributed by atoms with Crippen molar-refractivity contribution < 1.29 is 14.3 Å². The van der Waals surface area contributed by atoms with Crippen LogP contribution in [0.15, 0.2) is 48.5 Å². The lowest BCUT2D eigenvalue weighted by molar-refractivity contribution is 0.0982. The SMILES string of the molecule is COc1ccc(OC)c(CCC(=O)c2ccccc2)c1. The van der Waals surface area contributed by atoms with E-state index < -0.39 is 0 Å². The van der Waals surface area contributed by atoms with Crippen LogP contribution in [0.2, 0.25) is 0 Å². The molecule has 0 aliphatic rings. The van der Waals surface area contributed by atoms with Gasteiger partial charge in [-0.2, -0.15) is 0 Å². The molecule has 0 bridgehead atoms. The highest BCUT2D eigenvalue weighted by molar-refractivity contribution is 5.96. The highest BCUT2D eigenvalue weighted by Gasteiger charge is 2.09. The molecule has 0 saturated heterocycles. The van der Waals surface area contributed by atoms with Gasteiger partial charge in [-0.1, -0.05) is 30.3 Å². The molecule has 0 spiro atoms. The first-order valence-electron chi connectivity index (χ1n) is 6.53. The van der Waals surface area contributed by atoms with Gasteiger partial charge in [-0.3, -0.25) is 4.79 Å². The number of ether oxygens (including phenoxy) is 2. The molecule has 2 aromatic carbocycles. The van der Waals surface area contributed by atoms with Crippen LogP contribution in [0.5, 0.6) is 11.5 Å². The second-order valence-corrected chi connectivity index (χ2v) is 4.47. The van der Waals surface area contributed by atoms with Crippen molar-refractivity contribution in [3.05, 3.63) is 59.7 Å². The summed E-state index contributed by atoms with van der Waals surface area (Å²) in [6.45, 7) is 0. The summed E-state index contributed by atoms with van der Waals surface area (Å²) in [5.74, 6) is 1.69. The number of benzene rings is 2. The summed E-state index contributed by atoms with van der Waals surface area (Å²) in [6.07, 6.45) is 1.08. The second kappa shape index (κ2) is 6.75. The van der Waals surface area contributed by atoms with E-state index in [0.717, 1.165) is 22.6 Å². The van der Waals surface area contributed by atoms with Gasteiger partial charge in [0.25, 0.3) is 0 Å². The number of ketones is 1. The molecule has 3 heteroatoms. The Morgan fingerprint density at radius 3 is 2.40 bits per heavy atom. The first-order chi connectivity index (χ1) is 9.74. The number of hydrogen-bond donors (Lipinski definition) is 0. The fraction of sp³-hybridized carbons (Fsp3) is 0.235. The highest BCUT2D eigenvalue weighted by atomic mass is 16.5. The van der Waals surface area contributed by atoms with E-state index in [4.69, 9.17) is 9.47 Å². The first-order valence-corrected chi connectivity index (χ1v) is 6.53. The Morgan fingerprint density at radius 1 is 1.00 bits per heavy atom. The van der Waals surface area contributed by atoms with E-state index in [1.54, 1.807) is 14.2 Å². The fourth-order valence-electron chi connectivity index (χ4n) is 2.09. The number of hydrogen-bond acceptors (Lipinski definition) is 3. The molecule has 20 heavy (non-hydrogen) atoms. The average Bonchev–Trinajstić information content (AvgIpc) is 2.53. The summed E-state index contributed by atoms with van der Waals surface area (Å²) in [7, 11) is 3.25. The Labute approximate surface area is 119 Å². The van der Waals surface area contributed by atoms with E-state index >= 15 is 0 Å². The fourth-order valence-corrected chi connectivity index (χ4v) is 2.09. The van der Waals surface area contributed by atoms with Gasteiger partial charge >= 0.3 is 0 Å². The van der Waals surface area contributed by atoms with Gasteiger partial charge in [-0.25, -0.2) is 0 Å². The summed E-state index contributed by atoms with van der Waals surface area (Å²) in [4.78, 5) is 12.1. The molecule has 0 aliphatic carbocycles. The summed E-state index contributed by atoms with van der Waals surface area (Å²) in [5, 5.41) is 0. The minimum Gasteiger partial charge on any atom is -0.497 e. The van der Waals surface area contributed by atoms with E-state index in [1.165, 1.54) is 0 Å². The number of aryl methyl sites for hydroxylation is 1. The van der Waals surface area contributed by atoms with Crippen molar-refractivity contribution in [1.82, 2.24) is 0 Å². The van der Waals surface area contributed by atoms with Gasteiger partial charge < -0.3 is 9.47 Å². The minimum atomic E-state index is 0.135. The van der Waals surface area contributed by atoms with E-state index in [0.29, 0.717) is 12.8 Å². The summed E-state index contributed by atoms with van der Waals surface area (Å²) < 4.78 is 10.5. The van der Waals surface area contributed by atoms with Crippen LogP contribution >= 0.6 is 0 Å². The van der Waals surface area contributed by atoms with Gasteiger partial charge in [0.2, 0.25) is 0 Å². The maximum absolute atomic E-state index is 12.1. The first kappa shape index (κ1) is 14.1. The summed E-state index contributed by atoms with van der Waals surface area (Å²) in [6, 6.07) is 15.0. The maximum atomic E-state index is 12.1. The zero-order valence-corrected chi connectivity index (χ0v) is 11.8. The number of methoxy groups -OCH3 is 2. The van der Waals surface area contributed by atoms with Crippen molar-refractivity contribution in [1.29, 1.82) is 0 Å². The Morgan fingerprint density at radius 2 is 1.75 bits per heavy atom. The zero-order valence-electron chi connectivity index (χ0n) is 11.8. The van der Waals surface area contributed by atoms with Crippen LogP contribution in [0.4, 0.5) is 0 Å². The molecule has 104 valence electrons. The Bertz CT molecular complexity index is 576. The Hall–Kier alpha value is -2.29. The lowest BCUT2D eigenvalue weighted by Crippen LogP contribution is -2.02. The lowest BCUT2D eigenvalue weighted by atomic mass is 10.0. The largest absolute Gasteiger partial charge is 0.497 e. The molecule has 0 aromatic heterocycles. The third-order valence-electron chi connectivity index (χ3n) is 3.20. The lowest BCUT2D eigenvalue weighted by Gasteiger charge is -2.10. The normalized spacial score (nSPS) is 10.1. The van der Waals surface area contributed by atoms with Crippen LogP contribution in [0.1, 0.15) is 22.3 Å². The molecule has 0 heterocycles. The molecule has 2 aromatic rings. The van der Waals surface area contributed by atoms with Crippen molar-refractivity contribution in [2.75, 3.05) is 14.2 Å². The van der Waals surface area contributed by atoms with Gasteiger partial charge in [0.1, 0.15) is 11.5 Å². The predicted octanol–water partition coefficient (Wildman–Crippen LogP) is 3.52. The molecule has 3 nitrogen and oxygen atoms in total. The predicted molar refractivity (Wildman–Crippen MR) is 78.6 cm³/mol. The van der Waals surface area contributed by atoms with E-state index in [9.17, 15) is 4.79 Å². The van der Waals surface area contributed by atoms with Crippen molar-refractivity contribution in [3.8, 4) is 11.5 Å². The molecular formula is C17H18O3. The number of carbonyl (C=O) groups is 1. The molecule has 0 radical (unpaired) electrons. The van der Waals surface area contributed by atoms with Crippen molar-refractivity contribution in [2.45, 2.75) is 12.8 Å². The molecule has 0 atom stereocenters. The molecule has 0 saturated carbocycles. The highest BCUT2D eigenvalue weighted by Crippen LogP contribution is 2.25. The van der Waals surface area contributed by atoms with E-state index in [1.807, 2.05) is 48.5 Å². The monoisotopic (exact) mass is 270 g/mol. The summed E-state index contributed by atoms with van der Waals surface area (Å²) in [5.41, 5.74) is 1.73. The van der Waals surface area contributed by atoms with Gasteiger partial charge in [0.05, 0.1) is 14.2 Å². The number of Topliss-reactive ketones (excluding diaryl/α,β-unsaturated/α-hetero) is 1. The van der Waals surface area contributed by atoms with Crippen LogP contribution < -0.4 is 9.47 Å². The molecule has 0 amide bonds. The quantitative estimate of drug-likeness (QED) is 0.753. The third-order valence-corrected chi connectivity index (χ3v) is 3.20. The van der Waals surface area contributed by atoms with Gasteiger partial charge in [0, 0.05) is 12.0 Å². The van der Waals surface area contributed by atoms with Crippen LogP contribution in [0.3, 0.4) is 0 Å². The second-order valence-electron chi connectivity index (χ2n) is 4.47. The summed E-state index contributed by atoms with van der Waals surface area (Å²) >= 11 is 0. The Kier molecular flexibility index (Phi) is 4.77. The minimum absolute atomic E-state index is 0.135. The average molecular weight is 270 g/mol. The van der Waals surface area contributed by atoms with Crippen molar-refractivity contribution in [3.63, 3.8) is 0 Å². The van der Waals surface area contributed by atoms with E-state index in [2.05, 4.69) is 0 Å². The standard InChI is InChI=1S/C17H18O3/c1-19-15-9-11-17(20-2)14(12-15)8-10-16(18)13-6-4-3-5-7-13/h3-7,9,11-12H,8,10H2,1-2H3. The molecule has 0 N–H and O–H groups in total. The zero-order chi connectivity index (χ0) is 14.4. The Balaban J connectivity index is 2.08. The van der Waals surface area contributed by atoms with Crippen LogP contribution in [0.25, 0.3) is 0 Å². The third kappa shape index (κ3) is 3.38. The number of carbonyl (C=O) groups excluding carboxylic acids is 1. The molecule has 2 rings (SSSR count). The van der Waals surface area contributed by atoms with Crippen LogP contribution in [-0.2, 0) is 6.42 Å². The number of rotatable bonds is 6.